The van der Waals surface area contributed by atoms with Gasteiger partial charge in [0.05, 0.1) is 31.7 Å². The number of nitrogens with one attached hydrogen (secondary N) is 1. The van der Waals surface area contributed by atoms with Gasteiger partial charge in [-0.25, -0.2) is 4.39 Å². The predicted octanol–water partition coefficient (Wildman–Crippen LogP) is 4.70. The molecule has 0 aliphatic rings. The fourth-order valence-electron chi connectivity index (χ4n) is 3.32. The van der Waals surface area contributed by atoms with Gasteiger partial charge in [0.2, 0.25) is 5.91 Å². The van der Waals surface area contributed by atoms with E-state index in [0.29, 0.717) is 23.3 Å². The minimum atomic E-state index is -0.310. The number of benzene rings is 2. The Bertz CT molecular complexity index is 1210. The molecule has 4 aromatic rings. The smallest absolute Gasteiger partial charge is 0.230 e. The van der Waals surface area contributed by atoms with Crippen LogP contribution in [0.3, 0.4) is 0 Å². The number of hydrogen-bond donors (Lipinski definition) is 1. The molecule has 0 aliphatic heterocycles. The Morgan fingerprint density at radius 1 is 1.18 bits per heavy atom. The van der Waals surface area contributed by atoms with Gasteiger partial charge in [0.15, 0.2) is 11.0 Å². The second-order valence-electron chi connectivity index (χ2n) is 7.33. The molecule has 4 rings (SSSR count). The molecule has 2 heterocycles. The number of carbonyl (C=O) groups is 1. The zero-order chi connectivity index (χ0) is 23.2. The summed E-state index contributed by atoms with van der Waals surface area (Å²) in [5.74, 6) is 1.79. The number of furan rings is 1. The summed E-state index contributed by atoms with van der Waals surface area (Å²) in [4.78, 5) is 12.6. The van der Waals surface area contributed by atoms with Gasteiger partial charge < -0.3 is 14.5 Å². The number of nitrogens with zero attached hydrogens (tertiary/aromatic N) is 3. The molecule has 1 atom stereocenters. The summed E-state index contributed by atoms with van der Waals surface area (Å²) in [5, 5.41) is 12.2. The standard InChI is InChI=1S/C24H23FN4O3S/c1-16(17-8-10-19(25)11-9-17)26-22(30)15-33-24-28-27-23(18-5-3-6-20(13-18)31-2)29(24)14-21-7-4-12-32-21/h3-13,16H,14-15H2,1-2H3,(H,26,30). The molecule has 2 aromatic carbocycles. The quantitative estimate of drug-likeness (QED) is 0.360. The molecule has 0 bridgehead atoms. The van der Waals surface area contributed by atoms with Crippen LogP contribution in [0.1, 0.15) is 24.3 Å². The van der Waals surface area contributed by atoms with Crippen molar-refractivity contribution in [1.29, 1.82) is 0 Å². The molecule has 0 saturated carbocycles. The second kappa shape index (κ2) is 10.4. The van der Waals surface area contributed by atoms with E-state index in [1.165, 1.54) is 23.9 Å². The van der Waals surface area contributed by atoms with E-state index in [9.17, 15) is 9.18 Å². The molecular formula is C24H23FN4O3S. The Morgan fingerprint density at radius 3 is 2.73 bits per heavy atom. The fourth-order valence-corrected chi connectivity index (χ4v) is 4.07. The molecule has 0 saturated heterocycles. The first-order chi connectivity index (χ1) is 16.0. The summed E-state index contributed by atoms with van der Waals surface area (Å²) in [5.41, 5.74) is 1.67. The lowest BCUT2D eigenvalue weighted by Crippen LogP contribution is -2.28. The highest BCUT2D eigenvalue weighted by Gasteiger charge is 2.18. The minimum Gasteiger partial charge on any atom is -0.497 e. The van der Waals surface area contributed by atoms with Gasteiger partial charge in [-0.3, -0.25) is 9.36 Å². The average molecular weight is 467 g/mol. The van der Waals surface area contributed by atoms with Crippen molar-refractivity contribution in [2.24, 2.45) is 0 Å². The van der Waals surface area contributed by atoms with Crippen LogP contribution >= 0.6 is 11.8 Å². The highest BCUT2D eigenvalue weighted by atomic mass is 32.2. The summed E-state index contributed by atoms with van der Waals surface area (Å²) in [6, 6.07) is 17.1. The van der Waals surface area contributed by atoms with Crippen LogP contribution in [0.15, 0.2) is 76.5 Å². The fraction of sp³-hybridized carbons (Fsp3) is 0.208. The second-order valence-corrected chi connectivity index (χ2v) is 8.28. The number of thioether (sulfide) groups is 1. The van der Waals surface area contributed by atoms with Crippen LogP contribution in [0.5, 0.6) is 5.75 Å². The van der Waals surface area contributed by atoms with Crippen molar-refractivity contribution in [2.45, 2.75) is 24.7 Å². The maximum Gasteiger partial charge on any atom is 0.230 e. The number of carbonyl (C=O) groups excluding carboxylic acids is 1. The first kappa shape index (κ1) is 22.6. The maximum atomic E-state index is 13.1. The highest BCUT2D eigenvalue weighted by Crippen LogP contribution is 2.27. The van der Waals surface area contributed by atoms with Crippen molar-refractivity contribution in [1.82, 2.24) is 20.1 Å². The molecule has 33 heavy (non-hydrogen) atoms. The third kappa shape index (κ3) is 5.61. The normalized spacial score (nSPS) is 11.8. The Kier molecular flexibility index (Phi) is 7.09. The number of methoxy groups -OCH3 is 1. The largest absolute Gasteiger partial charge is 0.497 e. The van der Waals surface area contributed by atoms with Crippen molar-refractivity contribution in [3.63, 3.8) is 0 Å². The highest BCUT2D eigenvalue weighted by molar-refractivity contribution is 7.99. The maximum absolute atomic E-state index is 13.1. The Hall–Kier alpha value is -3.59. The third-order valence-corrected chi connectivity index (χ3v) is 5.99. The van der Waals surface area contributed by atoms with Gasteiger partial charge in [0.25, 0.3) is 0 Å². The van der Waals surface area contributed by atoms with E-state index in [4.69, 9.17) is 9.15 Å². The Labute approximate surface area is 195 Å². The van der Waals surface area contributed by atoms with Gasteiger partial charge in [-0.15, -0.1) is 10.2 Å². The van der Waals surface area contributed by atoms with Crippen molar-refractivity contribution in [2.75, 3.05) is 12.9 Å². The van der Waals surface area contributed by atoms with Crippen LogP contribution in [-0.4, -0.2) is 33.5 Å². The lowest BCUT2D eigenvalue weighted by Gasteiger charge is -2.14. The number of rotatable bonds is 9. The molecule has 1 amide bonds. The van der Waals surface area contributed by atoms with E-state index in [-0.39, 0.29) is 23.5 Å². The number of amides is 1. The molecule has 0 spiro atoms. The van der Waals surface area contributed by atoms with Crippen LogP contribution < -0.4 is 10.1 Å². The van der Waals surface area contributed by atoms with E-state index >= 15 is 0 Å². The lowest BCUT2D eigenvalue weighted by molar-refractivity contribution is -0.119. The van der Waals surface area contributed by atoms with E-state index in [1.807, 2.05) is 47.9 Å². The summed E-state index contributed by atoms with van der Waals surface area (Å²) < 4.78 is 25.9. The zero-order valence-electron chi connectivity index (χ0n) is 18.2. The first-order valence-corrected chi connectivity index (χ1v) is 11.3. The molecule has 0 fully saturated rings. The molecule has 7 nitrogen and oxygen atoms in total. The van der Waals surface area contributed by atoms with E-state index in [1.54, 1.807) is 25.5 Å². The van der Waals surface area contributed by atoms with Gasteiger partial charge >= 0.3 is 0 Å². The van der Waals surface area contributed by atoms with Gasteiger partial charge in [0, 0.05) is 5.56 Å². The van der Waals surface area contributed by atoms with Crippen LogP contribution in [-0.2, 0) is 11.3 Å². The van der Waals surface area contributed by atoms with E-state index < -0.39 is 0 Å². The summed E-state index contributed by atoms with van der Waals surface area (Å²) >= 11 is 1.29. The summed E-state index contributed by atoms with van der Waals surface area (Å²) in [7, 11) is 1.61. The molecule has 170 valence electrons. The summed E-state index contributed by atoms with van der Waals surface area (Å²) in [6.45, 7) is 2.28. The van der Waals surface area contributed by atoms with E-state index in [0.717, 1.165) is 16.9 Å². The summed E-state index contributed by atoms with van der Waals surface area (Å²) in [6.07, 6.45) is 1.61. The number of halogens is 1. The van der Waals surface area contributed by atoms with Gasteiger partial charge in [-0.2, -0.15) is 0 Å². The molecule has 2 aromatic heterocycles. The molecule has 1 unspecified atom stereocenters. The molecule has 9 heteroatoms. The van der Waals surface area contributed by atoms with Gasteiger partial charge in [0.1, 0.15) is 17.3 Å². The Morgan fingerprint density at radius 2 is 2.00 bits per heavy atom. The van der Waals surface area contributed by atoms with Crippen molar-refractivity contribution < 1.29 is 18.3 Å². The van der Waals surface area contributed by atoms with Crippen LogP contribution in [0.2, 0.25) is 0 Å². The topological polar surface area (TPSA) is 82.2 Å². The van der Waals surface area contributed by atoms with Crippen LogP contribution in [0, 0.1) is 5.82 Å². The van der Waals surface area contributed by atoms with Crippen LogP contribution in [0.4, 0.5) is 4.39 Å². The lowest BCUT2D eigenvalue weighted by atomic mass is 10.1. The third-order valence-electron chi connectivity index (χ3n) is 5.02. The number of hydrogen-bond acceptors (Lipinski definition) is 6. The van der Waals surface area contributed by atoms with Gasteiger partial charge in [-0.05, 0) is 48.9 Å². The minimum absolute atomic E-state index is 0.153. The monoisotopic (exact) mass is 466 g/mol. The molecule has 0 aliphatic carbocycles. The van der Waals surface area contributed by atoms with Crippen LogP contribution in [0.25, 0.3) is 11.4 Å². The van der Waals surface area contributed by atoms with Gasteiger partial charge in [-0.1, -0.05) is 36.0 Å². The van der Waals surface area contributed by atoms with E-state index in [2.05, 4.69) is 15.5 Å². The molecule has 1 N–H and O–H groups in total. The number of aromatic nitrogens is 3. The number of ether oxygens (including phenoxy) is 1. The molecular weight excluding hydrogens is 443 g/mol. The van der Waals surface area contributed by atoms with Crippen molar-refractivity contribution in [3.8, 4) is 17.1 Å². The zero-order valence-corrected chi connectivity index (χ0v) is 19.0. The SMILES string of the molecule is COc1cccc(-c2nnc(SCC(=O)NC(C)c3ccc(F)cc3)n2Cc2ccco2)c1. The van der Waals surface area contributed by atoms with Crippen molar-refractivity contribution in [3.05, 3.63) is 84.1 Å². The van der Waals surface area contributed by atoms with Crippen molar-refractivity contribution >= 4 is 17.7 Å². The predicted molar refractivity (Wildman–Crippen MR) is 124 cm³/mol. The first-order valence-electron chi connectivity index (χ1n) is 10.3. The average Bonchev–Trinajstić information content (AvgIpc) is 3.48. The Balaban J connectivity index is 1.50. The molecule has 0 radical (unpaired) electrons.